The first-order valence-corrected chi connectivity index (χ1v) is 5.12. The zero-order valence-corrected chi connectivity index (χ0v) is 10.00. The maximum atomic E-state index is 8.17. The molecule has 0 radical (unpaired) electrons. The van der Waals surface area contributed by atoms with Crippen molar-refractivity contribution in [3.05, 3.63) is 0 Å². The van der Waals surface area contributed by atoms with Crippen LogP contribution in [-0.2, 0) is 0 Å². The second-order valence-corrected chi connectivity index (χ2v) is 3.06. The summed E-state index contributed by atoms with van der Waals surface area (Å²) in [5.41, 5.74) is 0. The highest BCUT2D eigenvalue weighted by atomic mass is 16.4. The summed E-state index contributed by atoms with van der Waals surface area (Å²) < 4.78 is 0. The Morgan fingerprint density at radius 1 is 0.389 bits per heavy atom. The Hall–Kier alpha value is -0.360. The second-order valence-electron chi connectivity index (χ2n) is 3.06. The Balaban J connectivity index is -0.000000187. The molecule has 9 heteroatoms. The van der Waals surface area contributed by atoms with Crippen LogP contribution in [0.15, 0.2) is 0 Å². The number of hydrogen-bond donors (Lipinski definition) is 9. The van der Waals surface area contributed by atoms with Crippen LogP contribution in [0.2, 0.25) is 0 Å². The smallest absolute Gasteiger partial charge is 0.100 e. The predicted molar refractivity (Wildman–Crippen MR) is 60.5 cm³/mol. The van der Waals surface area contributed by atoms with E-state index in [1.165, 1.54) is 0 Å². The number of hydrogen-bond acceptors (Lipinski definition) is 9. The monoisotopic (exact) mass is 276 g/mol. The SMILES string of the molecule is OCC(O)CO.OCC(O)CO.OCC(O)CO. The largest absolute Gasteiger partial charge is 0.394 e. The van der Waals surface area contributed by atoms with Crippen LogP contribution in [0.3, 0.4) is 0 Å². The van der Waals surface area contributed by atoms with E-state index in [4.69, 9.17) is 46.0 Å². The maximum absolute atomic E-state index is 8.17. The molecule has 0 aliphatic heterocycles. The molecule has 0 atom stereocenters. The van der Waals surface area contributed by atoms with E-state index in [2.05, 4.69) is 0 Å². The number of rotatable bonds is 6. The molecular weight excluding hydrogens is 252 g/mol. The summed E-state index contributed by atoms with van der Waals surface area (Å²) >= 11 is 0. The van der Waals surface area contributed by atoms with E-state index >= 15 is 0 Å². The molecule has 0 saturated carbocycles. The molecule has 114 valence electrons. The molecule has 0 amide bonds. The third kappa shape index (κ3) is 24.7. The van der Waals surface area contributed by atoms with Gasteiger partial charge in [-0.05, 0) is 0 Å². The molecule has 0 aromatic heterocycles. The van der Waals surface area contributed by atoms with Crippen molar-refractivity contribution < 1.29 is 46.0 Å². The van der Waals surface area contributed by atoms with Crippen LogP contribution in [0.4, 0.5) is 0 Å². The van der Waals surface area contributed by atoms with Gasteiger partial charge in [-0.2, -0.15) is 0 Å². The lowest BCUT2D eigenvalue weighted by Gasteiger charge is -1.96. The van der Waals surface area contributed by atoms with Gasteiger partial charge in [0.1, 0.15) is 18.3 Å². The quantitative estimate of drug-likeness (QED) is 0.229. The zero-order chi connectivity index (χ0) is 15.0. The van der Waals surface area contributed by atoms with Crippen molar-refractivity contribution in [3.63, 3.8) is 0 Å². The molecule has 0 aliphatic rings. The molecular formula is C9H24O9. The summed E-state index contributed by atoms with van der Waals surface area (Å²) in [6.45, 7) is -2.19. The molecule has 0 aromatic carbocycles. The van der Waals surface area contributed by atoms with Crippen LogP contribution in [-0.4, -0.2) is 104 Å². The lowest BCUT2D eigenvalue weighted by Crippen LogP contribution is -2.15. The first-order valence-electron chi connectivity index (χ1n) is 5.12. The summed E-state index contributed by atoms with van der Waals surface area (Å²) in [5, 5.41) is 72.0. The van der Waals surface area contributed by atoms with Gasteiger partial charge in [0.15, 0.2) is 0 Å². The van der Waals surface area contributed by atoms with Gasteiger partial charge in [-0.3, -0.25) is 0 Å². The van der Waals surface area contributed by atoms with Gasteiger partial charge in [-0.15, -0.1) is 0 Å². The highest BCUT2D eigenvalue weighted by Crippen LogP contribution is 1.72. The fourth-order valence-electron chi connectivity index (χ4n) is 0.173. The molecule has 18 heavy (non-hydrogen) atoms. The molecule has 9 nitrogen and oxygen atoms in total. The lowest BCUT2D eigenvalue weighted by atomic mass is 10.4. The Morgan fingerprint density at radius 3 is 0.500 bits per heavy atom. The van der Waals surface area contributed by atoms with E-state index in [0.29, 0.717) is 0 Å². The number of aliphatic hydroxyl groups is 9. The van der Waals surface area contributed by atoms with Crippen molar-refractivity contribution in [2.75, 3.05) is 39.6 Å². The molecule has 0 aliphatic carbocycles. The molecule has 0 unspecified atom stereocenters. The highest BCUT2D eigenvalue weighted by molar-refractivity contribution is 4.44. The Labute approximate surface area is 105 Å². The summed E-state index contributed by atoms with van der Waals surface area (Å²) in [5.74, 6) is 0. The van der Waals surface area contributed by atoms with Crippen LogP contribution in [0.5, 0.6) is 0 Å². The number of aliphatic hydroxyl groups excluding tert-OH is 9. The Morgan fingerprint density at radius 2 is 0.500 bits per heavy atom. The molecule has 0 rings (SSSR count). The van der Waals surface area contributed by atoms with Gasteiger partial charge in [0.2, 0.25) is 0 Å². The minimum atomic E-state index is -0.954. The van der Waals surface area contributed by atoms with Crippen molar-refractivity contribution >= 4 is 0 Å². The van der Waals surface area contributed by atoms with Crippen molar-refractivity contribution in [3.8, 4) is 0 Å². The minimum absolute atomic E-state index is 0.365. The molecule has 0 spiro atoms. The zero-order valence-electron chi connectivity index (χ0n) is 10.00. The van der Waals surface area contributed by atoms with Crippen molar-refractivity contribution in [1.29, 1.82) is 0 Å². The minimum Gasteiger partial charge on any atom is -0.394 e. The molecule has 0 fully saturated rings. The first kappa shape index (κ1) is 22.8. The third-order valence-electron chi connectivity index (χ3n) is 1.26. The van der Waals surface area contributed by atoms with Gasteiger partial charge in [-0.25, -0.2) is 0 Å². The van der Waals surface area contributed by atoms with E-state index in [0.717, 1.165) is 0 Å². The van der Waals surface area contributed by atoms with Gasteiger partial charge in [0, 0.05) is 0 Å². The molecule has 0 heterocycles. The lowest BCUT2D eigenvalue weighted by molar-refractivity contribution is 0.0450. The predicted octanol–water partition coefficient (Wildman–Crippen LogP) is -5.00. The average Bonchev–Trinajstić information content (AvgIpc) is 2.45. The van der Waals surface area contributed by atoms with Gasteiger partial charge >= 0.3 is 0 Å². The van der Waals surface area contributed by atoms with Crippen LogP contribution < -0.4 is 0 Å². The van der Waals surface area contributed by atoms with Crippen molar-refractivity contribution in [2.45, 2.75) is 18.3 Å². The van der Waals surface area contributed by atoms with E-state index in [-0.39, 0.29) is 39.6 Å². The third-order valence-corrected chi connectivity index (χ3v) is 1.26. The molecule has 9 N–H and O–H groups in total. The fraction of sp³-hybridized carbons (Fsp3) is 1.00. The standard InChI is InChI=1S/3C3H8O3/c3*4-1-3(6)2-5/h3*3-6H,1-2H2. The van der Waals surface area contributed by atoms with Gasteiger partial charge in [-0.1, -0.05) is 0 Å². The normalized spacial score (nSPS) is 10.0. The topological polar surface area (TPSA) is 182 Å². The van der Waals surface area contributed by atoms with Crippen LogP contribution in [0.25, 0.3) is 0 Å². The van der Waals surface area contributed by atoms with Crippen LogP contribution in [0.1, 0.15) is 0 Å². The molecule has 0 saturated heterocycles. The van der Waals surface area contributed by atoms with E-state index < -0.39 is 18.3 Å². The van der Waals surface area contributed by atoms with Gasteiger partial charge in [0.25, 0.3) is 0 Å². The highest BCUT2D eigenvalue weighted by Gasteiger charge is 1.94. The van der Waals surface area contributed by atoms with Crippen LogP contribution >= 0.6 is 0 Å². The van der Waals surface area contributed by atoms with Crippen molar-refractivity contribution in [2.24, 2.45) is 0 Å². The fourth-order valence-corrected chi connectivity index (χ4v) is 0.173. The summed E-state index contributed by atoms with van der Waals surface area (Å²) in [4.78, 5) is 0. The summed E-state index contributed by atoms with van der Waals surface area (Å²) in [7, 11) is 0. The molecule has 0 bridgehead atoms. The molecule has 0 aromatic rings. The van der Waals surface area contributed by atoms with E-state index in [1.807, 2.05) is 0 Å². The summed E-state index contributed by atoms with van der Waals surface area (Å²) in [6, 6.07) is 0. The maximum Gasteiger partial charge on any atom is 0.100 e. The average molecular weight is 276 g/mol. The second kappa shape index (κ2) is 19.0. The van der Waals surface area contributed by atoms with E-state index in [1.54, 1.807) is 0 Å². The van der Waals surface area contributed by atoms with E-state index in [9.17, 15) is 0 Å². The van der Waals surface area contributed by atoms with Gasteiger partial charge < -0.3 is 46.0 Å². The van der Waals surface area contributed by atoms with Crippen LogP contribution in [0, 0.1) is 0 Å². The Bertz CT molecular complexity index is 99.4. The van der Waals surface area contributed by atoms with Crippen molar-refractivity contribution in [1.82, 2.24) is 0 Å². The Kier molecular flexibility index (Phi) is 24.0. The van der Waals surface area contributed by atoms with Gasteiger partial charge in [0.05, 0.1) is 39.6 Å². The summed E-state index contributed by atoms with van der Waals surface area (Å²) in [6.07, 6.45) is -2.86. The first-order chi connectivity index (χ1) is 8.42.